The Balaban J connectivity index is 1.62. The van der Waals surface area contributed by atoms with E-state index < -0.39 is 17.1 Å². The number of methoxy groups -OCH3 is 1. The van der Waals surface area contributed by atoms with Gasteiger partial charge in [0.15, 0.2) is 5.17 Å². The number of esters is 1. The van der Waals surface area contributed by atoms with Crippen LogP contribution in [0.25, 0.3) is 0 Å². The molecule has 2 amide bonds. The second kappa shape index (κ2) is 10.0. The number of ether oxygens (including phenoxy) is 1. The highest BCUT2D eigenvalue weighted by molar-refractivity contribution is 8.15. The van der Waals surface area contributed by atoms with Crippen LogP contribution in [-0.2, 0) is 14.3 Å². The first-order valence-electron chi connectivity index (χ1n) is 9.51. The molecule has 1 saturated heterocycles. The maximum atomic E-state index is 12.4. The van der Waals surface area contributed by atoms with E-state index in [9.17, 15) is 14.4 Å². The van der Waals surface area contributed by atoms with Crippen LogP contribution in [0.1, 0.15) is 34.8 Å². The molecule has 0 radical (unpaired) electrons. The molecule has 3 rings (SSSR count). The molecule has 1 heterocycles. The number of benzene rings is 2. The maximum Gasteiger partial charge on any atom is 0.339 e. The average molecular weight is 439 g/mol. The number of carbonyl (C=O) groups excluding carboxylic acids is 3. The van der Waals surface area contributed by atoms with Crippen molar-refractivity contribution in [3.8, 4) is 0 Å². The van der Waals surface area contributed by atoms with Crippen LogP contribution >= 0.6 is 11.8 Å². The SMILES string of the molecule is COC(=O)c1ccccc1NC(=O)C[C@H]1SC(=NN=C(C)c2ccc(C)cc2)NC1=O. The van der Waals surface area contributed by atoms with E-state index in [4.69, 9.17) is 4.74 Å². The number of nitrogens with one attached hydrogen (secondary N) is 2. The molecular weight excluding hydrogens is 416 g/mol. The van der Waals surface area contributed by atoms with Gasteiger partial charge in [0.1, 0.15) is 5.25 Å². The number of rotatable bonds is 6. The molecule has 0 aromatic heterocycles. The fourth-order valence-electron chi connectivity index (χ4n) is 2.81. The number of hydrogen-bond acceptors (Lipinski definition) is 7. The molecule has 0 aliphatic carbocycles. The minimum atomic E-state index is -0.640. The van der Waals surface area contributed by atoms with E-state index in [1.54, 1.807) is 24.3 Å². The van der Waals surface area contributed by atoms with Gasteiger partial charge >= 0.3 is 5.97 Å². The standard InChI is InChI=1S/C22H22N4O4S/c1-13-8-10-15(11-9-13)14(2)25-26-22-24-20(28)18(31-22)12-19(27)23-17-7-5-4-6-16(17)21(29)30-3/h4-11,18H,12H2,1-3H3,(H,23,27)(H,24,26,28)/t18-/m1/s1. The van der Waals surface area contributed by atoms with Gasteiger partial charge in [0, 0.05) is 6.42 Å². The van der Waals surface area contributed by atoms with Gasteiger partial charge in [0.2, 0.25) is 11.8 Å². The molecule has 1 fully saturated rings. The van der Waals surface area contributed by atoms with Crippen LogP contribution in [0.3, 0.4) is 0 Å². The molecule has 31 heavy (non-hydrogen) atoms. The number of amidine groups is 1. The van der Waals surface area contributed by atoms with E-state index in [-0.39, 0.29) is 17.9 Å². The summed E-state index contributed by atoms with van der Waals surface area (Å²) in [6, 6.07) is 14.4. The van der Waals surface area contributed by atoms with Crippen molar-refractivity contribution < 1.29 is 19.1 Å². The van der Waals surface area contributed by atoms with Gasteiger partial charge in [-0.25, -0.2) is 4.79 Å². The van der Waals surface area contributed by atoms with E-state index in [0.717, 1.165) is 22.9 Å². The van der Waals surface area contributed by atoms with Crippen molar-refractivity contribution in [2.45, 2.75) is 25.5 Å². The summed E-state index contributed by atoms with van der Waals surface area (Å²) in [6.07, 6.45) is -0.0777. The van der Waals surface area contributed by atoms with Crippen LogP contribution in [-0.4, -0.2) is 41.0 Å². The number of amides is 2. The Morgan fingerprint density at radius 1 is 1.16 bits per heavy atom. The van der Waals surface area contributed by atoms with Gasteiger partial charge in [-0.2, -0.15) is 5.10 Å². The lowest BCUT2D eigenvalue weighted by atomic mass is 10.1. The number of carbonyl (C=O) groups is 3. The Morgan fingerprint density at radius 3 is 2.58 bits per heavy atom. The van der Waals surface area contributed by atoms with Crippen molar-refractivity contribution in [1.29, 1.82) is 0 Å². The van der Waals surface area contributed by atoms with E-state index in [1.165, 1.54) is 7.11 Å². The van der Waals surface area contributed by atoms with Crippen molar-refractivity contribution >= 4 is 46.1 Å². The van der Waals surface area contributed by atoms with Crippen molar-refractivity contribution in [2.24, 2.45) is 10.2 Å². The number of nitrogens with zero attached hydrogens (tertiary/aromatic N) is 2. The quantitative estimate of drug-likeness (QED) is 0.409. The highest BCUT2D eigenvalue weighted by atomic mass is 32.2. The Hall–Kier alpha value is -3.46. The molecule has 2 aromatic carbocycles. The molecule has 9 heteroatoms. The zero-order valence-corrected chi connectivity index (χ0v) is 18.2. The normalized spacial score (nSPS) is 17.4. The van der Waals surface area contributed by atoms with Gasteiger partial charge in [-0.05, 0) is 31.5 Å². The zero-order chi connectivity index (χ0) is 22.4. The van der Waals surface area contributed by atoms with Gasteiger partial charge in [-0.3, -0.25) is 9.59 Å². The molecule has 8 nitrogen and oxygen atoms in total. The maximum absolute atomic E-state index is 12.4. The van der Waals surface area contributed by atoms with Gasteiger partial charge in [0.05, 0.1) is 24.1 Å². The molecule has 0 saturated carbocycles. The number of thioether (sulfide) groups is 1. The molecule has 1 aliphatic rings. The van der Waals surface area contributed by atoms with Crippen molar-refractivity contribution in [3.63, 3.8) is 0 Å². The average Bonchev–Trinajstić information content (AvgIpc) is 3.11. The number of anilines is 1. The second-order valence-corrected chi connectivity index (χ2v) is 8.03. The van der Waals surface area contributed by atoms with Crippen LogP contribution in [0.4, 0.5) is 5.69 Å². The number of hydrogen-bond donors (Lipinski definition) is 2. The summed E-state index contributed by atoms with van der Waals surface area (Å²) in [4.78, 5) is 36.5. The smallest absolute Gasteiger partial charge is 0.339 e. The highest BCUT2D eigenvalue weighted by Crippen LogP contribution is 2.24. The second-order valence-electron chi connectivity index (χ2n) is 6.84. The van der Waals surface area contributed by atoms with Crippen LogP contribution in [0, 0.1) is 6.92 Å². The Bertz CT molecular complexity index is 1060. The Kier molecular flexibility index (Phi) is 7.19. The van der Waals surface area contributed by atoms with Gasteiger partial charge in [-0.15, -0.1) is 5.10 Å². The van der Waals surface area contributed by atoms with Crippen LogP contribution in [0.5, 0.6) is 0 Å². The Labute approximate surface area is 184 Å². The summed E-state index contributed by atoms with van der Waals surface area (Å²) < 4.78 is 4.72. The third-order valence-electron chi connectivity index (χ3n) is 4.51. The third kappa shape index (κ3) is 5.79. The molecule has 0 bridgehead atoms. The van der Waals surface area contributed by atoms with Crippen LogP contribution in [0.15, 0.2) is 58.7 Å². The minimum absolute atomic E-state index is 0.0777. The molecule has 1 aliphatic heterocycles. The first-order chi connectivity index (χ1) is 14.9. The van der Waals surface area contributed by atoms with E-state index in [1.807, 2.05) is 38.1 Å². The topological polar surface area (TPSA) is 109 Å². The van der Waals surface area contributed by atoms with Crippen molar-refractivity contribution in [2.75, 3.05) is 12.4 Å². The third-order valence-corrected chi connectivity index (χ3v) is 5.59. The fourth-order valence-corrected chi connectivity index (χ4v) is 3.73. The first kappa shape index (κ1) is 22.2. The molecular formula is C22H22N4O4S. The summed E-state index contributed by atoms with van der Waals surface area (Å²) in [5.41, 5.74) is 3.37. The number of para-hydroxylation sites is 1. The monoisotopic (exact) mass is 438 g/mol. The van der Waals surface area contributed by atoms with Crippen LogP contribution < -0.4 is 10.6 Å². The number of aryl methyl sites for hydroxylation is 1. The molecule has 0 spiro atoms. The summed E-state index contributed by atoms with van der Waals surface area (Å²) in [5.74, 6) is -1.27. The highest BCUT2D eigenvalue weighted by Gasteiger charge is 2.32. The summed E-state index contributed by atoms with van der Waals surface area (Å²) >= 11 is 1.14. The van der Waals surface area contributed by atoms with Gasteiger partial charge in [-0.1, -0.05) is 53.7 Å². The molecule has 160 valence electrons. The summed E-state index contributed by atoms with van der Waals surface area (Å²) in [7, 11) is 1.27. The van der Waals surface area contributed by atoms with E-state index in [0.29, 0.717) is 16.6 Å². The molecule has 1 atom stereocenters. The van der Waals surface area contributed by atoms with Crippen LogP contribution in [0.2, 0.25) is 0 Å². The van der Waals surface area contributed by atoms with Gasteiger partial charge < -0.3 is 15.4 Å². The predicted octanol–water partition coefficient (Wildman–Crippen LogP) is 3.12. The lowest BCUT2D eigenvalue weighted by Gasteiger charge is -2.10. The van der Waals surface area contributed by atoms with Crippen molar-refractivity contribution in [3.05, 3.63) is 65.2 Å². The fraction of sp³-hybridized carbons (Fsp3) is 0.227. The Morgan fingerprint density at radius 2 is 1.87 bits per heavy atom. The molecule has 0 unspecified atom stereocenters. The lowest BCUT2D eigenvalue weighted by molar-refractivity contribution is -0.122. The largest absolute Gasteiger partial charge is 0.465 e. The van der Waals surface area contributed by atoms with Crippen molar-refractivity contribution in [1.82, 2.24) is 5.32 Å². The predicted molar refractivity (Wildman–Crippen MR) is 121 cm³/mol. The minimum Gasteiger partial charge on any atom is -0.465 e. The lowest BCUT2D eigenvalue weighted by Crippen LogP contribution is -2.28. The summed E-state index contributed by atoms with van der Waals surface area (Å²) in [5, 5.41) is 13.3. The first-order valence-corrected chi connectivity index (χ1v) is 10.4. The zero-order valence-electron chi connectivity index (χ0n) is 17.3. The summed E-state index contributed by atoms with van der Waals surface area (Å²) in [6.45, 7) is 3.84. The van der Waals surface area contributed by atoms with Gasteiger partial charge in [0.25, 0.3) is 0 Å². The molecule has 2 N–H and O–H groups in total. The van der Waals surface area contributed by atoms with E-state index in [2.05, 4.69) is 20.8 Å². The molecule has 2 aromatic rings. The van der Waals surface area contributed by atoms with E-state index >= 15 is 0 Å².